The third-order valence-electron chi connectivity index (χ3n) is 3.18. The minimum atomic E-state index is 0.187. The number of benzene rings is 1. The molecule has 0 amide bonds. The molecule has 0 aliphatic carbocycles. The van der Waals surface area contributed by atoms with Gasteiger partial charge in [-0.3, -0.25) is 0 Å². The van der Waals surface area contributed by atoms with Crippen LogP contribution in [0.3, 0.4) is 0 Å². The summed E-state index contributed by atoms with van der Waals surface area (Å²) in [7, 11) is 3.29. The van der Waals surface area contributed by atoms with Crippen LogP contribution < -0.4 is 15.2 Å². The summed E-state index contributed by atoms with van der Waals surface area (Å²) < 4.78 is 12.7. The Morgan fingerprint density at radius 3 is 2.50 bits per heavy atom. The maximum Gasteiger partial charge on any atom is 0.161 e. The number of hydrogen-bond acceptors (Lipinski definition) is 3. The third kappa shape index (κ3) is 3.54. The average Bonchev–Trinajstić information content (AvgIpc) is 2.85. The molecule has 2 aromatic rings. The first-order valence-corrected chi connectivity index (χ1v) is 6.73. The Balaban J connectivity index is 2.11. The molecule has 0 spiro atoms. The fraction of sp³-hybridized carbons (Fsp3) is 0.375. The Bertz CT molecular complexity index is 561. The van der Waals surface area contributed by atoms with E-state index in [0.29, 0.717) is 0 Å². The van der Waals surface area contributed by atoms with Crippen molar-refractivity contribution in [2.75, 3.05) is 14.2 Å². The summed E-state index contributed by atoms with van der Waals surface area (Å²) in [6.07, 6.45) is 5.12. The summed E-state index contributed by atoms with van der Waals surface area (Å²) in [5.74, 6) is 1.51. The Labute approximate surface area is 120 Å². The lowest BCUT2D eigenvalue weighted by atomic mass is 10.1. The molecule has 0 aliphatic rings. The summed E-state index contributed by atoms with van der Waals surface area (Å²) in [5.41, 5.74) is 8.25. The summed E-state index contributed by atoms with van der Waals surface area (Å²) in [5, 5.41) is 0. The third-order valence-corrected chi connectivity index (χ3v) is 3.18. The van der Waals surface area contributed by atoms with E-state index in [1.165, 1.54) is 11.1 Å². The van der Waals surface area contributed by atoms with Crippen molar-refractivity contribution >= 4 is 0 Å². The first-order chi connectivity index (χ1) is 9.62. The van der Waals surface area contributed by atoms with E-state index in [0.717, 1.165) is 24.5 Å². The Morgan fingerprint density at radius 2 is 1.85 bits per heavy atom. The molecule has 1 atom stereocenters. The van der Waals surface area contributed by atoms with Crippen molar-refractivity contribution in [3.8, 4) is 11.5 Å². The van der Waals surface area contributed by atoms with Crippen LogP contribution in [0.1, 0.15) is 18.1 Å². The Kier molecular flexibility index (Phi) is 4.69. The minimum Gasteiger partial charge on any atom is -0.493 e. The van der Waals surface area contributed by atoms with Crippen LogP contribution in [0.2, 0.25) is 0 Å². The van der Waals surface area contributed by atoms with Crippen LogP contribution >= 0.6 is 0 Å². The van der Waals surface area contributed by atoms with Crippen LogP contribution in [0.5, 0.6) is 11.5 Å². The number of nitrogens with two attached hydrogens (primary N) is 1. The molecule has 0 radical (unpaired) electrons. The smallest absolute Gasteiger partial charge is 0.161 e. The normalized spacial score (nSPS) is 12.2. The second kappa shape index (κ2) is 6.48. The number of hydrogen-bond donors (Lipinski definition) is 1. The SMILES string of the molecule is COc1ccc(Cn2ccc(CC(C)N)c2)cc1OC. The van der Waals surface area contributed by atoms with E-state index in [2.05, 4.69) is 23.0 Å². The van der Waals surface area contributed by atoms with E-state index in [1.807, 2.05) is 25.1 Å². The molecule has 1 heterocycles. The van der Waals surface area contributed by atoms with Gasteiger partial charge >= 0.3 is 0 Å². The molecule has 0 saturated carbocycles. The molecule has 0 aliphatic heterocycles. The molecule has 108 valence electrons. The monoisotopic (exact) mass is 274 g/mol. The van der Waals surface area contributed by atoms with Gasteiger partial charge < -0.3 is 19.8 Å². The van der Waals surface area contributed by atoms with Gasteiger partial charge in [0.25, 0.3) is 0 Å². The molecule has 20 heavy (non-hydrogen) atoms. The van der Waals surface area contributed by atoms with Crippen LogP contribution in [0.25, 0.3) is 0 Å². The predicted molar refractivity (Wildman–Crippen MR) is 80.4 cm³/mol. The second-order valence-electron chi connectivity index (χ2n) is 5.06. The maximum absolute atomic E-state index is 5.82. The number of nitrogens with zero attached hydrogens (tertiary/aromatic N) is 1. The molecule has 0 bridgehead atoms. The van der Waals surface area contributed by atoms with Crippen LogP contribution in [0.4, 0.5) is 0 Å². The first-order valence-electron chi connectivity index (χ1n) is 6.73. The summed E-state index contributed by atoms with van der Waals surface area (Å²) in [4.78, 5) is 0. The lowest BCUT2D eigenvalue weighted by Crippen LogP contribution is -2.17. The van der Waals surface area contributed by atoms with E-state index in [4.69, 9.17) is 15.2 Å². The Hall–Kier alpha value is -1.94. The number of ether oxygens (including phenoxy) is 2. The molecule has 2 rings (SSSR count). The van der Waals surface area contributed by atoms with Crippen molar-refractivity contribution in [1.82, 2.24) is 4.57 Å². The Morgan fingerprint density at radius 1 is 1.10 bits per heavy atom. The average molecular weight is 274 g/mol. The fourth-order valence-electron chi connectivity index (χ4n) is 2.27. The minimum absolute atomic E-state index is 0.187. The zero-order valence-electron chi connectivity index (χ0n) is 12.3. The fourth-order valence-corrected chi connectivity index (χ4v) is 2.27. The van der Waals surface area contributed by atoms with Gasteiger partial charge in [0.15, 0.2) is 11.5 Å². The molecule has 4 heteroatoms. The van der Waals surface area contributed by atoms with Crippen molar-refractivity contribution in [2.45, 2.75) is 25.9 Å². The molecule has 1 unspecified atom stereocenters. The van der Waals surface area contributed by atoms with Crippen molar-refractivity contribution in [3.63, 3.8) is 0 Å². The predicted octanol–water partition coefficient (Wildman–Crippen LogP) is 2.44. The van der Waals surface area contributed by atoms with Crippen molar-refractivity contribution in [1.29, 1.82) is 0 Å². The van der Waals surface area contributed by atoms with Crippen LogP contribution in [0.15, 0.2) is 36.7 Å². The quantitative estimate of drug-likeness (QED) is 0.880. The second-order valence-corrected chi connectivity index (χ2v) is 5.06. The molecule has 1 aromatic heterocycles. The van der Waals surface area contributed by atoms with Crippen molar-refractivity contribution in [3.05, 3.63) is 47.8 Å². The van der Waals surface area contributed by atoms with Crippen LogP contribution in [0, 0.1) is 0 Å². The standard InChI is InChI=1S/C16H22N2O2/c1-12(17)8-14-6-7-18(11-14)10-13-4-5-15(19-2)16(9-13)20-3/h4-7,9,11-12H,8,10,17H2,1-3H3. The van der Waals surface area contributed by atoms with E-state index >= 15 is 0 Å². The highest BCUT2D eigenvalue weighted by atomic mass is 16.5. The van der Waals surface area contributed by atoms with Gasteiger partial charge in [-0.15, -0.1) is 0 Å². The van der Waals surface area contributed by atoms with Crippen LogP contribution in [-0.2, 0) is 13.0 Å². The van der Waals surface area contributed by atoms with Crippen molar-refractivity contribution < 1.29 is 9.47 Å². The van der Waals surface area contributed by atoms with Crippen molar-refractivity contribution in [2.24, 2.45) is 5.73 Å². The van der Waals surface area contributed by atoms with Gasteiger partial charge in [0.05, 0.1) is 14.2 Å². The van der Waals surface area contributed by atoms with Gasteiger partial charge in [0, 0.05) is 25.0 Å². The topological polar surface area (TPSA) is 49.4 Å². The summed E-state index contributed by atoms with van der Waals surface area (Å²) in [6.45, 7) is 2.82. The van der Waals surface area contributed by atoms with Gasteiger partial charge in [-0.25, -0.2) is 0 Å². The highest BCUT2D eigenvalue weighted by Crippen LogP contribution is 2.27. The maximum atomic E-state index is 5.82. The zero-order chi connectivity index (χ0) is 14.5. The summed E-state index contributed by atoms with van der Waals surface area (Å²) >= 11 is 0. The van der Waals surface area contributed by atoms with Crippen LogP contribution in [-0.4, -0.2) is 24.8 Å². The number of rotatable bonds is 6. The largest absolute Gasteiger partial charge is 0.493 e. The summed E-state index contributed by atoms with van der Waals surface area (Å²) in [6, 6.07) is 8.29. The van der Waals surface area contributed by atoms with E-state index in [9.17, 15) is 0 Å². The van der Waals surface area contributed by atoms with Gasteiger partial charge in [-0.1, -0.05) is 6.07 Å². The number of methoxy groups -OCH3 is 2. The van der Waals surface area contributed by atoms with Gasteiger partial charge in [0.1, 0.15) is 0 Å². The van der Waals surface area contributed by atoms with Gasteiger partial charge in [-0.2, -0.15) is 0 Å². The zero-order valence-corrected chi connectivity index (χ0v) is 12.3. The molecule has 0 saturated heterocycles. The molecular weight excluding hydrogens is 252 g/mol. The van der Waals surface area contributed by atoms with E-state index in [1.54, 1.807) is 14.2 Å². The lowest BCUT2D eigenvalue weighted by molar-refractivity contribution is 0.354. The lowest BCUT2D eigenvalue weighted by Gasteiger charge is -2.10. The molecule has 4 nitrogen and oxygen atoms in total. The van der Waals surface area contributed by atoms with Gasteiger partial charge in [0.2, 0.25) is 0 Å². The van der Waals surface area contributed by atoms with E-state index < -0.39 is 0 Å². The first kappa shape index (κ1) is 14.5. The van der Waals surface area contributed by atoms with E-state index in [-0.39, 0.29) is 6.04 Å². The molecule has 2 N–H and O–H groups in total. The molecule has 1 aromatic carbocycles. The molecular formula is C16H22N2O2. The molecule has 0 fully saturated rings. The van der Waals surface area contributed by atoms with Gasteiger partial charge in [-0.05, 0) is 42.7 Å². The number of aromatic nitrogens is 1. The highest BCUT2D eigenvalue weighted by Gasteiger charge is 2.06. The highest BCUT2D eigenvalue weighted by molar-refractivity contribution is 5.43.